The first-order chi connectivity index (χ1) is 19.4. The zero-order chi connectivity index (χ0) is 28.6. The lowest BCUT2D eigenvalue weighted by molar-refractivity contribution is -0.144. The number of aliphatic carboxylic acids is 1. The number of likely N-dealkylation sites (tertiary alicyclic amines) is 2. The van der Waals surface area contributed by atoms with Crippen LogP contribution in [0.25, 0.3) is 0 Å². The van der Waals surface area contributed by atoms with E-state index in [2.05, 4.69) is 6.92 Å². The van der Waals surface area contributed by atoms with E-state index < -0.39 is 23.8 Å². The smallest absolute Gasteiger partial charge is 0.308 e. The second-order valence-electron chi connectivity index (χ2n) is 11.0. The minimum absolute atomic E-state index is 0.00205. The molecule has 40 heavy (non-hydrogen) atoms. The number of hydrogen-bond acceptors (Lipinski definition) is 8. The summed E-state index contributed by atoms with van der Waals surface area (Å²) in [4.78, 5) is 44.0. The molecule has 11 heteroatoms. The normalized spacial score (nSPS) is 22.3. The molecule has 2 saturated heterocycles. The molecule has 4 rings (SSSR count). The lowest BCUT2D eigenvalue weighted by atomic mass is 9.83. The summed E-state index contributed by atoms with van der Waals surface area (Å²) in [5.74, 6) is -1.12. The summed E-state index contributed by atoms with van der Waals surface area (Å²) < 4.78 is 11.1. The third-order valence-electron chi connectivity index (χ3n) is 8.36. The molecule has 2 fully saturated rings. The first kappa shape index (κ1) is 30.1. The van der Waals surface area contributed by atoms with Crippen molar-refractivity contribution >= 4 is 17.8 Å². The van der Waals surface area contributed by atoms with Crippen molar-refractivity contribution in [3.8, 4) is 11.5 Å². The number of unbranched alkanes of at least 4 members (excludes halogenated alkanes) is 1. The number of amides is 2. The lowest BCUT2D eigenvalue weighted by Crippen LogP contribution is -2.45. The number of rotatable bonds is 15. The average molecular weight is 562 g/mol. The van der Waals surface area contributed by atoms with Crippen LogP contribution in [0.1, 0.15) is 68.9 Å². The zero-order valence-corrected chi connectivity index (χ0v) is 23.4. The number of carbonyl (C=O) groups is 3. The number of hydrogen-bond donors (Lipinski definition) is 3. The van der Waals surface area contributed by atoms with Crippen molar-refractivity contribution in [2.75, 3.05) is 52.7 Å². The molecule has 0 saturated carbocycles. The summed E-state index contributed by atoms with van der Waals surface area (Å²) in [7, 11) is 0. The van der Waals surface area contributed by atoms with Gasteiger partial charge in [0.2, 0.25) is 18.6 Å². The number of aliphatic hydroxyl groups excluding tert-OH is 2. The Kier molecular flexibility index (Phi) is 10.6. The molecule has 3 atom stereocenters. The highest BCUT2D eigenvalue weighted by molar-refractivity contribution is 5.79. The minimum Gasteiger partial charge on any atom is -0.481 e. The highest BCUT2D eigenvalue weighted by Crippen LogP contribution is 2.44. The van der Waals surface area contributed by atoms with Crippen LogP contribution in [-0.4, -0.2) is 107 Å². The molecule has 0 radical (unpaired) electrons. The number of benzene rings is 1. The van der Waals surface area contributed by atoms with Crippen molar-refractivity contribution in [1.82, 2.24) is 14.7 Å². The van der Waals surface area contributed by atoms with Crippen LogP contribution in [-0.2, 0) is 21.0 Å². The maximum absolute atomic E-state index is 13.5. The van der Waals surface area contributed by atoms with E-state index in [4.69, 9.17) is 9.47 Å². The lowest BCUT2D eigenvalue weighted by Gasteiger charge is -2.30. The fourth-order valence-corrected chi connectivity index (χ4v) is 6.31. The van der Waals surface area contributed by atoms with Crippen LogP contribution in [0.3, 0.4) is 0 Å². The van der Waals surface area contributed by atoms with Crippen molar-refractivity contribution < 1.29 is 39.2 Å². The first-order valence-electron chi connectivity index (χ1n) is 14.5. The van der Waals surface area contributed by atoms with Gasteiger partial charge in [0.15, 0.2) is 11.5 Å². The molecular weight excluding hydrogens is 518 g/mol. The number of fused-ring (bicyclic) bond motifs is 1. The Balaban J connectivity index is 1.59. The Morgan fingerprint density at radius 1 is 1.12 bits per heavy atom. The Hall–Kier alpha value is -2.89. The third-order valence-corrected chi connectivity index (χ3v) is 8.36. The van der Waals surface area contributed by atoms with Crippen molar-refractivity contribution in [3.63, 3.8) is 0 Å². The summed E-state index contributed by atoms with van der Waals surface area (Å²) in [6.45, 7) is 4.64. The molecule has 3 heterocycles. The van der Waals surface area contributed by atoms with E-state index in [1.54, 1.807) is 17.0 Å². The second kappa shape index (κ2) is 14.1. The van der Waals surface area contributed by atoms with E-state index in [9.17, 15) is 29.7 Å². The quantitative estimate of drug-likeness (QED) is 0.292. The molecule has 0 bridgehead atoms. The molecule has 0 aromatic heterocycles. The van der Waals surface area contributed by atoms with Crippen molar-refractivity contribution in [3.05, 3.63) is 23.3 Å². The summed E-state index contributed by atoms with van der Waals surface area (Å²) in [5, 5.41) is 29.8. The first-order valence-corrected chi connectivity index (χ1v) is 14.5. The van der Waals surface area contributed by atoms with E-state index in [0.717, 1.165) is 31.4 Å². The van der Waals surface area contributed by atoms with Crippen molar-refractivity contribution in [1.29, 1.82) is 0 Å². The average Bonchev–Trinajstić information content (AvgIpc) is 3.67. The van der Waals surface area contributed by atoms with E-state index in [1.807, 2.05) is 9.80 Å². The molecular formula is C29H43N3O8. The van der Waals surface area contributed by atoms with Gasteiger partial charge in [0.05, 0.1) is 19.1 Å². The van der Waals surface area contributed by atoms with E-state index in [0.29, 0.717) is 68.9 Å². The maximum Gasteiger partial charge on any atom is 0.308 e. The largest absolute Gasteiger partial charge is 0.481 e. The van der Waals surface area contributed by atoms with Gasteiger partial charge in [-0.2, -0.15) is 0 Å². The molecule has 3 aliphatic rings. The molecule has 222 valence electrons. The summed E-state index contributed by atoms with van der Waals surface area (Å²) in [5.41, 5.74) is 1.28. The van der Waals surface area contributed by atoms with Gasteiger partial charge in [0.1, 0.15) is 0 Å². The van der Waals surface area contributed by atoms with E-state index >= 15 is 0 Å². The van der Waals surface area contributed by atoms with Gasteiger partial charge in [-0.15, -0.1) is 0 Å². The highest BCUT2D eigenvalue weighted by atomic mass is 16.7. The van der Waals surface area contributed by atoms with Gasteiger partial charge in [-0.3, -0.25) is 19.3 Å². The van der Waals surface area contributed by atoms with Gasteiger partial charge in [-0.05, 0) is 49.8 Å². The van der Waals surface area contributed by atoms with E-state index in [1.165, 1.54) is 0 Å². The molecule has 11 nitrogen and oxygen atoms in total. The molecule has 3 N–H and O–H groups in total. The fourth-order valence-electron chi connectivity index (χ4n) is 6.31. The maximum atomic E-state index is 13.5. The predicted octanol–water partition coefficient (Wildman–Crippen LogP) is 1.79. The fraction of sp³-hybridized carbons (Fsp3) is 0.690. The van der Waals surface area contributed by atoms with Crippen LogP contribution < -0.4 is 9.47 Å². The summed E-state index contributed by atoms with van der Waals surface area (Å²) in [6, 6.07) is 3.18. The SMILES string of the molecule is CCCCN(CCCO)C(=O)CN1C[C@H](c2cc(CO)c3c(c2)OCO3)[C@@H](C(=O)O)[C@@H]1CCCN1CCCC1=O. The van der Waals surface area contributed by atoms with Gasteiger partial charge < -0.3 is 34.6 Å². The highest BCUT2D eigenvalue weighted by Gasteiger charge is 2.47. The predicted molar refractivity (Wildman–Crippen MR) is 146 cm³/mol. The van der Waals surface area contributed by atoms with Crippen molar-refractivity contribution in [2.24, 2.45) is 5.92 Å². The number of aliphatic hydroxyl groups is 2. The third kappa shape index (κ3) is 6.87. The molecule has 2 amide bonds. The number of carboxylic acid groups (broad SMARTS) is 1. The molecule has 0 spiro atoms. The monoisotopic (exact) mass is 561 g/mol. The van der Waals surface area contributed by atoms with Crippen molar-refractivity contribution in [2.45, 2.75) is 70.4 Å². The number of ether oxygens (including phenoxy) is 2. The molecule has 3 aliphatic heterocycles. The Morgan fingerprint density at radius 2 is 1.93 bits per heavy atom. The zero-order valence-electron chi connectivity index (χ0n) is 23.4. The van der Waals surface area contributed by atoms with Crippen LogP contribution in [0.15, 0.2) is 12.1 Å². The molecule has 1 aromatic carbocycles. The number of carbonyl (C=O) groups excluding carboxylic acids is 2. The van der Waals surface area contributed by atoms with Crippen LogP contribution in [0.4, 0.5) is 0 Å². The van der Waals surface area contributed by atoms with Gasteiger partial charge >= 0.3 is 5.97 Å². The molecule has 0 aliphatic carbocycles. The van der Waals surface area contributed by atoms with Gasteiger partial charge in [-0.25, -0.2) is 0 Å². The number of carboxylic acids is 1. The van der Waals surface area contributed by atoms with Crippen LogP contribution >= 0.6 is 0 Å². The van der Waals surface area contributed by atoms with Crippen LogP contribution in [0, 0.1) is 5.92 Å². The summed E-state index contributed by atoms with van der Waals surface area (Å²) >= 11 is 0. The van der Waals surface area contributed by atoms with Gasteiger partial charge in [0, 0.05) is 63.3 Å². The number of nitrogens with zero attached hydrogens (tertiary/aromatic N) is 3. The van der Waals surface area contributed by atoms with Crippen LogP contribution in [0.2, 0.25) is 0 Å². The Bertz CT molecular complexity index is 1040. The summed E-state index contributed by atoms with van der Waals surface area (Å²) in [6.07, 6.45) is 4.86. The van der Waals surface area contributed by atoms with E-state index in [-0.39, 0.29) is 38.4 Å². The minimum atomic E-state index is -0.937. The second-order valence-corrected chi connectivity index (χ2v) is 11.0. The molecule has 0 unspecified atom stereocenters. The van der Waals surface area contributed by atoms with Gasteiger partial charge in [0.25, 0.3) is 0 Å². The topological polar surface area (TPSA) is 140 Å². The Labute approximate surface area is 235 Å². The standard InChI is InChI=1S/C29H43N3O8/c1-2-3-9-31(12-6-13-33)26(36)17-32-16-22(20-14-21(18-34)28-24(15-20)39-19-40-28)27(29(37)38)23(32)7-4-10-30-11-5-8-25(30)35/h14-15,22-23,27,33-34H,2-13,16-19H2,1H3,(H,37,38)/t22-,23+,27-/m1/s1. The molecule has 1 aromatic rings. The Morgan fingerprint density at radius 3 is 2.60 bits per heavy atom. The van der Waals surface area contributed by atoms with Crippen LogP contribution in [0.5, 0.6) is 11.5 Å². The van der Waals surface area contributed by atoms with Gasteiger partial charge in [-0.1, -0.05) is 13.3 Å².